The summed E-state index contributed by atoms with van der Waals surface area (Å²) in [7, 11) is 2.98. The molecule has 0 amide bonds. The average molecular weight is 348 g/mol. The Morgan fingerprint density at radius 2 is 2.09 bits per heavy atom. The second kappa shape index (κ2) is 6.79. The van der Waals surface area contributed by atoms with Crippen LogP contribution in [0.4, 0.5) is 0 Å². The van der Waals surface area contributed by atoms with E-state index in [9.17, 15) is 19.8 Å². The van der Waals surface area contributed by atoms with Gasteiger partial charge >= 0.3 is 5.69 Å². The number of nitrogens with one attached hydrogen (secondary N) is 1. The molecule has 0 aliphatic carbocycles. The second-order valence-corrected chi connectivity index (χ2v) is 9.22. The number of hydrogen-bond acceptors (Lipinski definition) is 7. The highest BCUT2D eigenvalue weighted by Gasteiger charge is 2.45. The third-order valence-corrected chi connectivity index (χ3v) is 6.81. The molecule has 3 N–H and O–H groups in total. The number of nitrogens with zero attached hydrogens (tertiary/aromatic N) is 1. The summed E-state index contributed by atoms with van der Waals surface area (Å²) in [6.07, 6.45) is -1.08. The van der Waals surface area contributed by atoms with Gasteiger partial charge in [-0.1, -0.05) is 42.4 Å². The van der Waals surface area contributed by atoms with Crippen molar-refractivity contribution in [1.29, 1.82) is 0 Å². The number of ether oxygens (including phenoxy) is 1. The molecule has 0 radical (unpaired) electrons. The van der Waals surface area contributed by atoms with E-state index in [-0.39, 0.29) is 11.4 Å². The molecule has 1 fully saturated rings. The predicted octanol–water partition coefficient (Wildman–Crippen LogP) is 0.336. The molecule has 9 heteroatoms. The van der Waals surface area contributed by atoms with Gasteiger partial charge < -0.3 is 14.9 Å². The van der Waals surface area contributed by atoms with E-state index in [2.05, 4.69) is 4.98 Å². The Hall–Kier alpha value is -0.740. The lowest BCUT2D eigenvalue weighted by Gasteiger charge is -2.24. The molecular weight excluding hydrogens is 328 g/mol. The number of rotatable bonds is 4. The van der Waals surface area contributed by atoms with E-state index in [0.717, 1.165) is 0 Å². The normalized spacial score (nSPS) is 29.0. The van der Waals surface area contributed by atoms with Crippen molar-refractivity contribution in [3.05, 3.63) is 33.1 Å². The van der Waals surface area contributed by atoms with E-state index in [4.69, 9.17) is 4.74 Å². The zero-order chi connectivity index (χ0) is 16.5. The fourth-order valence-electron chi connectivity index (χ4n) is 2.02. The lowest BCUT2D eigenvalue weighted by molar-refractivity contribution is -0.0457. The monoisotopic (exact) mass is 348 g/mol. The van der Waals surface area contributed by atoms with Crippen LogP contribution in [0.15, 0.2) is 21.9 Å². The third kappa shape index (κ3) is 3.96. The quantitative estimate of drug-likeness (QED) is 0.674. The van der Waals surface area contributed by atoms with Crippen LogP contribution < -0.4 is 11.2 Å². The molecule has 0 aromatic carbocycles. The summed E-state index contributed by atoms with van der Waals surface area (Å²) >= 11 is 0. The topological polar surface area (TPSA) is 105 Å². The van der Waals surface area contributed by atoms with Crippen molar-refractivity contribution in [3.63, 3.8) is 0 Å². The Balaban J connectivity index is 2.29. The molecule has 1 aromatic heterocycles. The molecule has 22 heavy (non-hydrogen) atoms. The van der Waals surface area contributed by atoms with Gasteiger partial charge in [-0.25, -0.2) is 4.79 Å². The van der Waals surface area contributed by atoms with E-state index < -0.39 is 34.9 Å². The van der Waals surface area contributed by atoms with Crippen LogP contribution >= 0.6 is 21.6 Å². The van der Waals surface area contributed by atoms with Crippen LogP contribution in [0.5, 0.6) is 0 Å². The molecule has 1 saturated heterocycles. The maximum absolute atomic E-state index is 11.9. The van der Waals surface area contributed by atoms with Crippen LogP contribution in [0.25, 0.3) is 0 Å². The van der Waals surface area contributed by atoms with Crippen LogP contribution in [0, 0.1) is 0 Å². The van der Waals surface area contributed by atoms with Gasteiger partial charge in [-0.3, -0.25) is 14.3 Å². The highest BCUT2D eigenvalue weighted by atomic mass is 33.1. The van der Waals surface area contributed by atoms with Crippen LogP contribution in [0.1, 0.15) is 27.0 Å². The molecule has 0 spiro atoms. The molecule has 1 aliphatic rings. The molecule has 0 saturated carbocycles. The number of aliphatic hydroxyl groups is 2. The van der Waals surface area contributed by atoms with Crippen LogP contribution in [-0.2, 0) is 4.74 Å². The summed E-state index contributed by atoms with van der Waals surface area (Å²) in [5, 5.41) is 19.2. The Labute approximate surface area is 135 Å². The van der Waals surface area contributed by atoms with Gasteiger partial charge in [-0.2, -0.15) is 0 Å². The first-order chi connectivity index (χ1) is 10.2. The molecule has 0 bridgehead atoms. The molecule has 1 aromatic rings. The molecular formula is C13H20N2O5S2. The molecule has 4 atom stereocenters. The fraction of sp³-hybridized carbons (Fsp3) is 0.692. The van der Waals surface area contributed by atoms with Gasteiger partial charge in [-0.05, 0) is 0 Å². The first-order valence-electron chi connectivity index (χ1n) is 6.83. The van der Waals surface area contributed by atoms with E-state index in [0.29, 0.717) is 0 Å². The van der Waals surface area contributed by atoms with E-state index in [1.54, 1.807) is 10.8 Å². The van der Waals surface area contributed by atoms with Crippen molar-refractivity contribution in [1.82, 2.24) is 9.55 Å². The maximum atomic E-state index is 11.9. The molecule has 1 aliphatic heterocycles. The van der Waals surface area contributed by atoms with Crippen molar-refractivity contribution in [2.24, 2.45) is 0 Å². The molecule has 2 rings (SSSR count). The van der Waals surface area contributed by atoms with Gasteiger partial charge in [0.05, 0.1) is 18.0 Å². The smallest absolute Gasteiger partial charge is 0.330 e. The highest BCUT2D eigenvalue weighted by Crippen LogP contribution is 2.46. The SMILES string of the molecule is CC(C)(C)SS[C@@H]1[C@H](O)[C@@H](CO)O[C@H]1n1ccc(=O)[nH]c1=O. The summed E-state index contributed by atoms with van der Waals surface area (Å²) in [4.78, 5) is 25.3. The van der Waals surface area contributed by atoms with Crippen molar-refractivity contribution in [2.45, 2.75) is 49.2 Å². The summed E-state index contributed by atoms with van der Waals surface area (Å²) in [6.45, 7) is 5.78. The van der Waals surface area contributed by atoms with Crippen molar-refractivity contribution >= 4 is 21.6 Å². The van der Waals surface area contributed by atoms with Gasteiger partial charge in [0.1, 0.15) is 6.10 Å². The first-order valence-corrected chi connectivity index (χ1v) is 9.04. The van der Waals surface area contributed by atoms with Gasteiger partial charge in [0.15, 0.2) is 6.23 Å². The average Bonchev–Trinajstić information content (AvgIpc) is 2.72. The minimum atomic E-state index is -0.909. The number of H-pyrrole nitrogens is 1. The Morgan fingerprint density at radius 1 is 1.41 bits per heavy atom. The zero-order valence-corrected chi connectivity index (χ0v) is 14.2. The summed E-state index contributed by atoms with van der Waals surface area (Å²) in [5.41, 5.74) is -1.10. The van der Waals surface area contributed by atoms with Crippen molar-refractivity contribution in [2.75, 3.05) is 6.61 Å². The summed E-state index contributed by atoms with van der Waals surface area (Å²) in [6, 6.07) is 1.22. The van der Waals surface area contributed by atoms with Crippen LogP contribution in [0.3, 0.4) is 0 Å². The Bertz CT molecular complexity index is 624. The summed E-state index contributed by atoms with van der Waals surface area (Å²) in [5.74, 6) is 0. The van der Waals surface area contributed by atoms with E-state index in [1.165, 1.54) is 27.6 Å². The van der Waals surface area contributed by atoms with Gasteiger partial charge in [-0.15, -0.1) is 0 Å². The van der Waals surface area contributed by atoms with Crippen molar-refractivity contribution in [3.8, 4) is 0 Å². The number of aliphatic hydroxyl groups excluding tert-OH is 2. The second-order valence-electron chi connectivity index (χ2n) is 6.01. The molecule has 0 unspecified atom stereocenters. The number of hydrogen-bond donors (Lipinski definition) is 3. The van der Waals surface area contributed by atoms with Crippen LogP contribution in [0.2, 0.25) is 0 Å². The summed E-state index contributed by atoms with van der Waals surface area (Å²) < 4.78 is 6.81. The van der Waals surface area contributed by atoms with E-state index in [1.807, 2.05) is 20.8 Å². The number of aromatic amines is 1. The van der Waals surface area contributed by atoms with Gasteiger partial charge in [0.25, 0.3) is 5.56 Å². The van der Waals surface area contributed by atoms with Gasteiger partial charge in [0.2, 0.25) is 0 Å². The lowest BCUT2D eigenvalue weighted by Crippen LogP contribution is -2.36. The highest BCUT2D eigenvalue weighted by molar-refractivity contribution is 8.77. The zero-order valence-electron chi connectivity index (χ0n) is 12.6. The third-order valence-electron chi connectivity index (χ3n) is 3.03. The van der Waals surface area contributed by atoms with Crippen LogP contribution in [-0.4, -0.2) is 48.6 Å². The first kappa shape index (κ1) is 17.6. The largest absolute Gasteiger partial charge is 0.394 e. The lowest BCUT2D eigenvalue weighted by atomic mass is 10.2. The standard InChI is InChI=1S/C13H20N2O5S2/c1-13(2,3)22-21-10-9(18)7(6-16)20-11(10)15-5-4-8(17)14-12(15)19/h4-5,7,9-11,16,18H,6H2,1-3H3,(H,14,17,19)/t7-,9-,10-,11-/m1/s1. The minimum absolute atomic E-state index is 0.0395. The number of aromatic nitrogens is 2. The molecule has 124 valence electrons. The minimum Gasteiger partial charge on any atom is -0.394 e. The van der Waals surface area contributed by atoms with E-state index >= 15 is 0 Å². The Kier molecular flexibility index (Phi) is 5.44. The fourth-order valence-corrected chi connectivity index (χ4v) is 4.83. The Morgan fingerprint density at radius 3 is 2.64 bits per heavy atom. The van der Waals surface area contributed by atoms with Gasteiger partial charge in [0, 0.05) is 17.0 Å². The predicted molar refractivity (Wildman–Crippen MR) is 87.0 cm³/mol. The molecule has 7 nitrogen and oxygen atoms in total. The maximum Gasteiger partial charge on any atom is 0.330 e. The van der Waals surface area contributed by atoms with Crippen molar-refractivity contribution < 1.29 is 14.9 Å². The molecule has 2 heterocycles.